The van der Waals surface area contributed by atoms with Gasteiger partial charge in [-0.3, -0.25) is 13.9 Å². The SMILES string of the molecule is CCOc1ccc(N(CC(=O)N(Cc2cccc(C)c2)[C@@H](CC)C(=O)NC2CCCCC2)S(=O)(=O)c2ccccc2)cc1. The third-order valence-corrected chi connectivity index (χ3v) is 9.61. The van der Waals surface area contributed by atoms with E-state index < -0.39 is 28.5 Å². The van der Waals surface area contributed by atoms with Gasteiger partial charge >= 0.3 is 0 Å². The van der Waals surface area contributed by atoms with Crippen molar-refractivity contribution in [2.45, 2.75) is 82.8 Å². The van der Waals surface area contributed by atoms with E-state index in [1.165, 1.54) is 23.5 Å². The molecule has 8 nitrogen and oxygen atoms in total. The predicted molar refractivity (Wildman–Crippen MR) is 169 cm³/mol. The van der Waals surface area contributed by atoms with E-state index in [0.29, 0.717) is 24.5 Å². The number of hydrogen-bond acceptors (Lipinski definition) is 5. The van der Waals surface area contributed by atoms with E-state index in [4.69, 9.17) is 4.74 Å². The van der Waals surface area contributed by atoms with Gasteiger partial charge in [0.1, 0.15) is 18.3 Å². The number of rotatable bonds is 13. The maximum atomic E-state index is 14.3. The molecule has 0 bridgehead atoms. The minimum atomic E-state index is -4.12. The van der Waals surface area contributed by atoms with Gasteiger partial charge in [0.05, 0.1) is 17.2 Å². The first-order chi connectivity index (χ1) is 20.7. The highest BCUT2D eigenvalue weighted by atomic mass is 32.2. The molecule has 3 aromatic rings. The second-order valence-corrected chi connectivity index (χ2v) is 12.9. The Bertz CT molecular complexity index is 1450. The van der Waals surface area contributed by atoms with Crippen LogP contribution >= 0.6 is 0 Å². The van der Waals surface area contributed by atoms with Crippen molar-refractivity contribution >= 4 is 27.5 Å². The van der Waals surface area contributed by atoms with Crippen LogP contribution in [0.4, 0.5) is 5.69 Å². The fourth-order valence-corrected chi connectivity index (χ4v) is 7.03. The van der Waals surface area contributed by atoms with E-state index in [1.807, 2.05) is 45.0 Å². The zero-order valence-electron chi connectivity index (χ0n) is 25.4. The standard InChI is InChI=1S/C34H43N3O5S/c1-4-32(34(39)35-28-15-8-6-9-16-28)36(24-27-14-12-13-26(3)23-27)33(38)25-37(29-19-21-30(22-20-29)42-5-2)43(40,41)31-17-10-7-11-18-31/h7,10-14,17-23,28,32H,4-6,8-9,15-16,24-25H2,1-3H3,(H,35,39)/t32-/m0/s1. The van der Waals surface area contributed by atoms with Crippen molar-refractivity contribution in [2.24, 2.45) is 0 Å². The number of amides is 2. The van der Waals surface area contributed by atoms with E-state index in [2.05, 4.69) is 5.32 Å². The molecule has 3 aromatic carbocycles. The average molecular weight is 606 g/mol. The molecule has 0 aliphatic heterocycles. The lowest BCUT2D eigenvalue weighted by molar-refractivity contribution is -0.140. The molecule has 0 spiro atoms. The van der Waals surface area contributed by atoms with Gasteiger partial charge in [-0.25, -0.2) is 8.42 Å². The van der Waals surface area contributed by atoms with Crippen LogP contribution in [0.5, 0.6) is 5.75 Å². The highest BCUT2D eigenvalue weighted by molar-refractivity contribution is 7.92. The van der Waals surface area contributed by atoms with Gasteiger partial charge in [-0.05, 0) is 75.1 Å². The smallest absolute Gasteiger partial charge is 0.264 e. The summed E-state index contributed by atoms with van der Waals surface area (Å²) in [6.45, 7) is 5.91. The Balaban J connectivity index is 1.70. The number of benzene rings is 3. The van der Waals surface area contributed by atoms with E-state index in [0.717, 1.165) is 41.1 Å². The Morgan fingerprint density at radius 3 is 2.26 bits per heavy atom. The molecule has 1 N–H and O–H groups in total. The summed E-state index contributed by atoms with van der Waals surface area (Å²) in [5.41, 5.74) is 2.24. The Morgan fingerprint density at radius 1 is 0.930 bits per heavy atom. The lowest BCUT2D eigenvalue weighted by atomic mass is 9.95. The molecule has 1 aliphatic carbocycles. The molecular weight excluding hydrogens is 562 g/mol. The van der Waals surface area contributed by atoms with Crippen LogP contribution < -0.4 is 14.4 Å². The van der Waals surface area contributed by atoms with Crippen molar-refractivity contribution in [3.05, 3.63) is 90.0 Å². The van der Waals surface area contributed by atoms with Crippen LogP contribution in [-0.4, -0.2) is 50.4 Å². The molecule has 0 saturated heterocycles. The Kier molecular flexibility index (Phi) is 11.2. The second kappa shape index (κ2) is 15.0. The van der Waals surface area contributed by atoms with Gasteiger partial charge in [0.25, 0.3) is 10.0 Å². The highest BCUT2D eigenvalue weighted by Crippen LogP contribution is 2.27. The predicted octanol–water partition coefficient (Wildman–Crippen LogP) is 5.85. The number of anilines is 1. The van der Waals surface area contributed by atoms with Gasteiger partial charge in [0, 0.05) is 12.6 Å². The molecule has 43 heavy (non-hydrogen) atoms. The summed E-state index contributed by atoms with van der Waals surface area (Å²) < 4.78 is 34.6. The van der Waals surface area contributed by atoms with Crippen LogP contribution in [0.15, 0.2) is 83.8 Å². The number of carbonyl (C=O) groups is 2. The number of nitrogens with one attached hydrogen (secondary N) is 1. The first-order valence-corrected chi connectivity index (χ1v) is 16.6. The molecule has 0 radical (unpaired) electrons. The monoisotopic (exact) mass is 605 g/mol. The quantitative estimate of drug-likeness (QED) is 0.264. The first kappa shape index (κ1) is 32.1. The number of carbonyl (C=O) groups excluding carboxylic acids is 2. The molecule has 1 fully saturated rings. The molecule has 0 heterocycles. The molecule has 9 heteroatoms. The van der Waals surface area contributed by atoms with Crippen molar-refractivity contribution in [1.82, 2.24) is 10.2 Å². The average Bonchev–Trinajstić information content (AvgIpc) is 3.01. The van der Waals surface area contributed by atoms with Gasteiger partial charge in [-0.2, -0.15) is 0 Å². The van der Waals surface area contributed by atoms with Crippen LogP contribution in [0, 0.1) is 6.92 Å². The molecule has 1 saturated carbocycles. The zero-order chi connectivity index (χ0) is 30.8. The Morgan fingerprint density at radius 2 is 1.63 bits per heavy atom. The van der Waals surface area contributed by atoms with Crippen molar-refractivity contribution in [3.8, 4) is 5.75 Å². The van der Waals surface area contributed by atoms with Crippen molar-refractivity contribution in [3.63, 3.8) is 0 Å². The third-order valence-electron chi connectivity index (χ3n) is 7.82. The summed E-state index contributed by atoms with van der Waals surface area (Å²) in [6.07, 6.45) is 5.55. The maximum absolute atomic E-state index is 14.3. The fourth-order valence-electron chi connectivity index (χ4n) is 5.59. The normalized spacial score (nSPS) is 14.5. The second-order valence-electron chi connectivity index (χ2n) is 11.0. The topological polar surface area (TPSA) is 96.0 Å². The summed E-state index contributed by atoms with van der Waals surface area (Å²) in [4.78, 5) is 29.6. The molecule has 0 aromatic heterocycles. The Hall–Kier alpha value is -3.85. The molecular formula is C34H43N3O5S. The molecule has 230 valence electrons. The minimum absolute atomic E-state index is 0.0731. The van der Waals surface area contributed by atoms with Crippen LogP contribution in [0.25, 0.3) is 0 Å². The van der Waals surface area contributed by atoms with Gasteiger partial charge in [0.2, 0.25) is 11.8 Å². The maximum Gasteiger partial charge on any atom is 0.264 e. The third kappa shape index (κ3) is 8.38. The number of ether oxygens (including phenoxy) is 1. The van der Waals surface area contributed by atoms with Gasteiger partial charge in [-0.1, -0.05) is 74.2 Å². The summed E-state index contributed by atoms with van der Waals surface area (Å²) in [5, 5.41) is 3.18. The van der Waals surface area contributed by atoms with Crippen LogP contribution in [0.3, 0.4) is 0 Å². The molecule has 1 atom stereocenters. The van der Waals surface area contributed by atoms with Gasteiger partial charge in [0.15, 0.2) is 0 Å². The molecule has 2 amide bonds. The largest absolute Gasteiger partial charge is 0.494 e. The minimum Gasteiger partial charge on any atom is -0.494 e. The fraction of sp³-hybridized carbons (Fsp3) is 0.412. The van der Waals surface area contributed by atoms with Crippen LogP contribution in [0.1, 0.15) is 63.5 Å². The van der Waals surface area contributed by atoms with E-state index in [1.54, 1.807) is 42.5 Å². The van der Waals surface area contributed by atoms with Crippen molar-refractivity contribution < 1.29 is 22.7 Å². The molecule has 4 rings (SSSR count). The molecule has 0 unspecified atom stereocenters. The first-order valence-electron chi connectivity index (χ1n) is 15.2. The lowest BCUT2D eigenvalue weighted by Gasteiger charge is -2.34. The Labute approximate surface area is 256 Å². The lowest BCUT2D eigenvalue weighted by Crippen LogP contribution is -2.54. The summed E-state index contributed by atoms with van der Waals surface area (Å²) in [5.74, 6) is -0.0596. The highest BCUT2D eigenvalue weighted by Gasteiger charge is 2.34. The van der Waals surface area contributed by atoms with Gasteiger partial charge in [-0.15, -0.1) is 0 Å². The van der Waals surface area contributed by atoms with Crippen molar-refractivity contribution in [1.29, 1.82) is 0 Å². The summed E-state index contributed by atoms with van der Waals surface area (Å²) >= 11 is 0. The van der Waals surface area contributed by atoms with Crippen LogP contribution in [-0.2, 0) is 26.2 Å². The number of nitrogens with zero attached hydrogens (tertiary/aromatic N) is 2. The van der Waals surface area contributed by atoms with Crippen LogP contribution in [0.2, 0.25) is 0 Å². The van der Waals surface area contributed by atoms with E-state index >= 15 is 0 Å². The number of sulfonamides is 1. The summed E-state index contributed by atoms with van der Waals surface area (Å²) in [6, 6.07) is 21.8. The van der Waals surface area contributed by atoms with E-state index in [-0.39, 0.29) is 23.4 Å². The zero-order valence-corrected chi connectivity index (χ0v) is 26.2. The number of aryl methyl sites for hydroxylation is 1. The summed E-state index contributed by atoms with van der Waals surface area (Å²) in [7, 11) is -4.12. The van der Waals surface area contributed by atoms with Gasteiger partial charge < -0.3 is 15.0 Å². The number of hydrogen-bond donors (Lipinski definition) is 1. The van der Waals surface area contributed by atoms with Crippen molar-refractivity contribution in [2.75, 3.05) is 17.5 Å². The van der Waals surface area contributed by atoms with E-state index in [9.17, 15) is 18.0 Å². The molecule has 1 aliphatic rings.